The van der Waals surface area contributed by atoms with Crippen LogP contribution in [0.1, 0.15) is 23.2 Å². The van der Waals surface area contributed by atoms with Crippen molar-refractivity contribution in [2.45, 2.75) is 12.8 Å². The molecule has 8 nitrogen and oxygen atoms in total. The molecule has 1 aromatic carbocycles. The van der Waals surface area contributed by atoms with Gasteiger partial charge in [-0.3, -0.25) is 19.7 Å². The van der Waals surface area contributed by atoms with E-state index >= 15 is 0 Å². The topological polar surface area (TPSA) is 87.0 Å². The van der Waals surface area contributed by atoms with E-state index in [0.717, 1.165) is 12.8 Å². The Morgan fingerprint density at radius 3 is 2.24 bits per heavy atom. The molecule has 2 aliphatic rings. The van der Waals surface area contributed by atoms with E-state index in [1.807, 2.05) is 4.90 Å². The van der Waals surface area contributed by atoms with Crippen LogP contribution in [0.4, 0.5) is 11.4 Å². The van der Waals surface area contributed by atoms with Gasteiger partial charge in [0.05, 0.1) is 10.5 Å². The summed E-state index contributed by atoms with van der Waals surface area (Å²) in [5.41, 5.74) is 0.866. The number of carbonyl (C=O) groups excluding carboxylic acids is 2. The van der Waals surface area contributed by atoms with Crippen LogP contribution in [0.3, 0.4) is 0 Å². The highest BCUT2D eigenvalue weighted by Gasteiger charge is 2.35. The van der Waals surface area contributed by atoms with Gasteiger partial charge in [0.25, 0.3) is 11.6 Å². The molecule has 8 heteroatoms. The van der Waals surface area contributed by atoms with Gasteiger partial charge in [0, 0.05) is 64.0 Å². The van der Waals surface area contributed by atoms with Crippen LogP contribution in [-0.2, 0) is 4.79 Å². The maximum Gasteiger partial charge on any atom is 0.270 e. The van der Waals surface area contributed by atoms with Crippen LogP contribution in [0, 0.1) is 16.0 Å². The molecule has 1 saturated carbocycles. The molecular formula is C17H22N4O4. The molecule has 0 spiro atoms. The molecule has 1 saturated heterocycles. The first-order valence-electron chi connectivity index (χ1n) is 8.42. The number of hydrogen-bond donors (Lipinski definition) is 0. The van der Waals surface area contributed by atoms with Gasteiger partial charge in [0.15, 0.2) is 0 Å². The Hall–Kier alpha value is -2.64. The van der Waals surface area contributed by atoms with Gasteiger partial charge in [-0.05, 0) is 18.9 Å². The molecule has 1 aliphatic heterocycles. The lowest BCUT2D eigenvalue weighted by atomic mass is 10.1. The fourth-order valence-corrected chi connectivity index (χ4v) is 3.09. The molecule has 1 aliphatic carbocycles. The second kappa shape index (κ2) is 6.70. The van der Waals surface area contributed by atoms with Gasteiger partial charge < -0.3 is 14.7 Å². The molecule has 1 heterocycles. The fourth-order valence-electron chi connectivity index (χ4n) is 3.09. The minimum absolute atomic E-state index is 0.100. The summed E-state index contributed by atoms with van der Waals surface area (Å²) >= 11 is 0. The Balaban J connectivity index is 1.75. The average molecular weight is 346 g/mol. The summed E-state index contributed by atoms with van der Waals surface area (Å²) in [7, 11) is 3.59. The van der Waals surface area contributed by atoms with Crippen molar-refractivity contribution in [1.82, 2.24) is 9.80 Å². The Morgan fingerprint density at radius 1 is 1.12 bits per heavy atom. The Morgan fingerprint density at radius 2 is 1.72 bits per heavy atom. The normalized spacial score (nSPS) is 17.4. The number of carbonyl (C=O) groups is 2. The van der Waals surface area contributed by atoms with Crippen LogP contribution in [-0.4, -0.2) is 66.8 Å². The number of non-ortho nitro benzene ring substituents is 1. The third-order valence-electron chi connectivity index (χ3n) is 4.71. The maximum absolute atomic E-state index is 12.9. The molecule has 0 aromatic heterocycles. The van der Waals surface area contributed by atoms with E-state index in [0.29, 0.717) is 37.4 Å². The minimum Gasteiger partial charge on any atom is -0.377 e. The van der Waals surface area contributed by atoms with E-state index in [9.17, 15) is 19.7 Å². The quantitative estimate of drug-likeness (QED) is 0.607. The second-order valence-electron chi connectivity index (χ2n) is 6.74. The average Bonchev–Trinajstić information content (AvgIpc) is 3.45. The molecule has 0 radical (unpaired) electrons. The molecule has 1 aromatic rings. The van der Waals surface area contributed by atoms with Crippen LogP contribution in [0.25, 0.3) is 0 Å². The van der Waals surface area contributed by atoms with Crippen molar-refractivity contribution in [3.63, 3.8) is 0 Å². The number of amides is 2. The van der Waals surface area contributed by atoms with Gasteiger partial charge in [-0.2, -0.15) is 0 Å². The molecule has 2 amide bonds. The van der Waals surface area contributed by atoms with Gasteiger partial charge in [0.1, 0.15) is 0 Å². The third kappa shape index (κ3) is 3.57. The van der Waals surface area contributed by atoms with Crippen molar-refractivity contribution >= 4 is 23.2 Å². The smallest absolute Gasteiger partial charge is 0.270 e. The van der Waals surface area contributed by atoms with Gasteiger partial charge in [0.2, 0.25) is 5.91 Å². The van der Waals surface area contributed by atoms with E-state index in [4.69, 9.17) is 0 Å². The number of nitro groups is 1. The van der Waals surface area contributed by atoms with Crippen molar-refractivity contribution in [3.8, 4) is 0 Å². The number of hydrogen-bond acceptors (Lipinski definition) is 5. The zero-order chi connectivity index (χ0) is 18.1. The molecular weight excluding hydrogens is 324 g/mol. The van der Waals surface area contributed by atoms with Crippen molar-refractivity contribution in [2.75, 3.05) is 45.2 Å². The van der Waals surface area contributed by atoms with Crippen molar-refractivity contribution in [2.24, 2.45) is 5.92 Å². The van der Waals surface area contributed by atoms with Gasteiger partial charge >= 0.3 is 0 Å². The summed E-state index contributed by atoms with van der Waals surface area (Å²) in [6.45, 7) is 1.94. The first kappa shape index (κ1) is 17.2. The van der Waals surface area contributed by atoms with E-state index in [1.54, 1.807) is 30.0 Å². The van der Waals surface area contributed by atoms with Crippen LogP contribution in [0.2, 0.25) is 0 Å². The zero-order valence-corrected chi connectivity index (χ0v) is 14.5. The highest BCUT2D eigenvalue weighted by atomic mass is 16.6. The highest BCUT2D eigenvalue weighted by molar-refractivity contribution is 6.00. The number of piperazine rings is 1. The van der Waals surface area contributed by atoms with Crippen LogP contribution in [0.5, 0.6) is 0 Å². The first-order chi connectivity index (χ1) is 11.9. The van der Waals surface area contributed by atoms with Crippen LogP contribution >= 0.6 is 0 Å². The number of nitro benzene ring substituents is 1. The predicted molar refractivity (Wildman–Crippen MR) is 92.6 cm³/mol. The molecule has 0 unspecified atom stereocenters. The van der Waals surface area contributed by atoms with Gasteiger partial charge in [-0.1, -0.05) is 0 Å². The first-order valence-corrected chi connectivity index (χ1v) is 8.42. The molecule has 0 N–H and O–H groups in total. The van der Waals surface area contributed by atoms with E-state index < -0.39 is 4.92 Å². The highest BCUT2D eigenvalue weighted by Crippen LogP contribution is 2.31. The minimum atomic E-state index is -0.498. The van der Waals surface area contributed by atoms with E-state index in [-0.39, 0.29) is 23.4 Å². The number of nitrogens with zero attached hydrogens (tertiary/aromatic N) is 4. The number of anilines is 1. The largest absolute Gasteiger partial charge is 0.377 e. The van der Waals surface area contributed by atoms with Crippen LogP contribution < -0.4 is 4.90 Å². The Labute approximate surface area is 146 Å². The zero-order valence-electron chi connectivity index (χ0n) is 14.5. The molecule has 0 bridgehead atoms. The number of benzene rings is 1. The van der Waals surface area contributed by atoms with Crippen molar-refractivity contribution < 1.29 is 14.5 Å². The molecule has 25 heavy (non-hydrogen) atoms. The third-order valence-corrected chi connectivity index (χ3v) is 4.71. The standard InChI is InChI=1S/C17H22N4O4/c1-18(2)15-6-5-13(21(24)25)11-14(15)17(23)20-9-7-19(8-10-20)16(22)12-3-4-12/h5-6,11-12H,3-4,7-10H2,1-2H3. The van der Waals surface area contributed by atoms with E-state index in [2.05, 4.69) is 0 Å². The summed E-state index contributed by atoms with van der Waals surface area (Å²) in [5.74, 6) is 0.140. The van der Waals surface area contributed by atoms with Crippen molar-refractivity contribution in [3.05, 3.63) is 33.9 Å². The molecule has 2 fully saturated rings. The molecule has 134 valence electrons. The Kier molecular flexibility index (Phi) is 4.61. The maximum atomic E-state index is 12.9. The monoisotopic (exact) mass is 346 g/mol. The lowest BCUT2D eigenvalue weighted by Gasteiger charge is -2.35. The van der Waals surface area contributed by atoms with E-state index in [1.165, 1.54) is 12.1 Å². The predicted octanol–water partition coefficient (Wildman–Crippen LogP) is 1.36. The summed E-state index contributed by atoms with van der Waals surface area (Å²) in [6, 6.07) is 4.33. The van der Waals surface area contributed by atoms with Gasteiger partial charge in [-0.25, -0.2) is 0 Å². The van der Waals surface area contributed by atoms with Crippen LogP contribution in [0.15, 0.2) is 18.2 Å². The summed E-state index contributed by atoms with van der Waals surface area (Å²) < 4.78 is 0. The fraction of sp³-hybridized carbons (Fsp3) is 0.529. The van der Waals surface area contributed by atoms with Crippen molar-refractivity contribution in [1.29, 1.82) is 0 Å². The molecule has 0 atom stereocenters. The Bertz CT molecular complexity index is 707. The second-order valence-corrected chi connectivity index (χ2v) is 6.74. The lowest BCUT2D eigenvalue weighted by Crippen LogP contribution is -2.51. The summed E-state index contributed by atoms with van der Waals surface area (Å²) in [6.07, 6.45) is 1.94. The lowest BCUT2D eigenvalue weighted by molar-refractivity contribution is -0.384. The number of rotatable bonds is 4. The molecule has 3 rings (SSSR count). The summed E-state index contributed by atoms with van der Waals surface area (Å²) in [5, 5.41) is 11.0. The summed E-state index contributed by atoms with van der Waals surface area (Å²) in [4.78, 5) is 40.8. The SMILES string of the molecule is CN(C)c1ccc([N+](=O)[O-])cc1C(=O)N1CCN(C(=O)C2CC2)CC1. The van der Waals surface area contributed by atoms with Gasteiger partial charge in [-0.15, -0.1) is 0 Å².